The van der Waals surface area contributed by atoms with Crippen molar-refractivity contribution < 1.29 is 4.79 Å². The van der Waals surface area contributed by atoms with E-state index in [0.717, 1.165) is 74.1 Å². The molecule has 0 N–H and O–H groups in total. The lowest BCUT2D eigenvalue weighted by Crippen LogP contribution is -2.48. The zero-order chi connectivity index (χ0) is 22.8. The lowest BCUT2D eigenvalue weighted by Gasteiger charge is -2.40. The molecule has 2 aromatic carbocycles. The van der Waals surface area contributed by atoms with E-state index >= 15 is 0 Å². The molecule has 1 saturated heterocycles. The molecule has 6 heteroatoms. The number of carbonyl (C=O) groups is 1. The van der Waals surface area contributed by atoms with Crippen LogP contribution in [-0.4, -0.2) is 59.5 Å². The Hall–Kier alpha value is -2.76. The summed E-state index contributed by atoms with van der Waals surface area (Å²) >= 11 is 6.08. The second-order valence-electron chi connectivity index (χ2n) is 8.92. The highest BCUT2D eigenvalue weighted by Crippen LogP contribution is 2.35. The average Bonchev–Trinajstić information content (AvgIpc) is 3.24. The maximum atomic E-state index is 13.4. The SMILES string of the molecule is CCCN1CCC(N2CCN(c3ccc(Cl)cc3)CC2)c2c(ccn2-c2ccccc2)C1=O. The number of halogens is 1. The first kappa shape index (κ1) is 22.1. The third-order valence-corrected chi connectivity index (χ3v) is 7.16. The number of fused-ring (bicyclic) bond motifs is 1. The van der Waals surface area contributed by atoms with E-state index in [1.54, 1.807) is 0 Å². The number of hydrogen-bond donors (Lipinski definition) is 0. The molecule has 3 heterocycles. The molecule has 1 amide bonds. The van der Waals surface area contributed by atoms with Gasteiger partial charge in [0.1, 0.15) is 0 Å². The van der Waals surface area contributed by atoms with Crippen LogP contribution in [0.25, 0.3) is 5.69 Å². The summed E-state index contributed by atoms with van der Waals surface area (Å²) in [6, 6.07) is 20.8. The van der Waals surface area contributed by atoms with Gasteiger partial charge < -0.3 is 14.4 Å². The molecular formula is C27H31ClN4O. The van der Waals surface area contributed by atoms with Crippen LogP contribution in [0.15, 0.2) is 66.9 Å². The molecule has 3 aromatic rings. The van der Waals surface area contributed by atoms with Crippen molar-refractivity contribution in [3.05, 3.63) is 83.1 Å². The van der Waals surface area contributed by atoms with Crippen LogP contribution < -0.4 is 4.90 Å². The number of nitrogens with zero attached hydrogens (tertiary/aromatic N) is 4. The quantitative estimate of drug-likeness (QED) is 0.519. The van der Waals surface area contributed by atoms with Crippen molar-refractivity contribution in [2.75, 3.05) is 44.2 Å². The molecule has 0 spiro atoms. The monoisotopic (exact) mass is 462 g/mol. The number of rotatable bonds is 5. The molecule has 0 aliphatic carbocycles. The van der Waals surface area contributed by atoms with Crippen molar-refractivity contribution in [2.24, 2.45) is 0 Å². The van der Waals surface area contributed by atoms with Crippen molar-refractivity contribution in [3.8, 4) is 5.69 Å². The fraction of sp³-hybridized carbons (Fsp3) is 0.370. The highest BCUT2D eigenvalue weighted by atomic mass is 35.5. The van der Waals surface area contributed by atoms with Crippen LogP contribution in [0.2, 0.25) is 5.02 Å². The normalized spacial score (nSPS) is 19.5. The van der Waals surface area contributed by atoms with Gasteiger partial charge >= 0.3 is 0 Å². The van der Waals surface area contributed by atoms with Gasteiger partial charge in [-0.25, -0.2) is 0 Å². The second kappa shape index (κ2) is 9.62. The highest BCUT2D eigenvalue weighted by molar-refractivity contribution is 6.30. The number of hydrogen-bond acceptors (Lipinski definition) is 3. The number of piperazine rings is 1. The average molecular weight is 463 g/mol. The van der Waals surface area contributed by atoms with Gasteiger partial charge in [0, 0.05) is 61.9 Å². The molecule has 5 nitrogen and oxygen atoms in total. The van der Waals surface area contributed by atoms with Crippen LogP contribution in [0.5, 0.6) is 0 Å². The third kappa shape index (κ3) is 4.40. The summed E-state index contributed by atoms with van der Waals surface area (Å²) in [5.41, 5.74) is 4.33. The van der Waals surface area contributed by atoms with E-state index in [0.29, 0.717) is 0 Å². The van der Waals surface area contributed by atoms with Gasteiger partial charge in [-0.15, -0.1) is 0 Å². The predicted molar refractivity (Wildman–Crippen MR) is 135 cm³/mol. The van der Waals surface area contributed by atoms with E-state index in [4.69, 9.17) is 11.6 Å². The molecule has 1 unspecified atom stereocenters. The molecule has 1 fully saturated rings. The van der Waals surface area contributed by atoms with Gasteiger partial charge in [0.25, 0.3) is 5.91 Å². The summed E-state index contributed by atoms with van der Waals surface area (Å²) in [5, 5.41) is 0.770. The minimum absolute atomic E-state index is 0.170. The minimum Gasteiger partial charge on any atom is -0.369 e. The molecule has 33 heavy (non-hydrogen) atoms. The largest absolute Gasteiger partial charge is 0.369 e. The summed E-state index contributed by atoms with van der Waals surface area (Å²) in [6.07, 6.45) is 4.01. The Balaban J connectivity index is 1.44. The van der Waals surface area contributed by atoms with Gasteiger partial charge in [-0.3, -0.25) is 9.69 Å². The molecule has 2 aliphatic heterocycles. The first-order chi connectivity index (χ1) is 16.2. The van der Waals surface area contributed by atoms with Crippen molar-refractivity contribution in [2.45, 2.75) is 25.8 Å². The van der Waals surface area contributed by atoms with Gasteiger partial charge in [0.15, 0.2) is 0 Å². The van der Waals surface area contributed by atoms with Crippen LogP contribution >= 0.6 is 11.6 Å². The van der Waals surface area contributed by atoms with E-state index in [1.165, 1.54) is 5.69 Å². The maximum Gasteiger partial charge on any atom is 0.255 e. The van der Waals surface area contributed by atoms with Crippen LogP contribution in [0.3, 0.4) is 0 Å². The summed E-state index contributed by atoms with van der Waals surface area (Å²) < 4.78 is 2.24. The number of anilines is 1. The van der Waals surface area contributed by atoms with Gasteiger partial charge in [-0.1, -0.05) is 36.7 Å². The Morgan fingerprint density at radius 3 is 2.30 bits per heavy atom. The number of benzene rings is 2. The fourth-order valence-corrected chi connectivity index (χ4v) is 5.37. The first-order valence-corrected chi connectivity index (χ1v) is 12.3. The third-order valence-electron chi connectivity index (χ3n) is 6.91. The Morgan fingerprint density at radius 2 is 1.61 bits per heavy atom. The number of aromatic nitrogens is 1. The number of amides is 1. The van der Waals surface area contributed by atoms with Crippen LogP contribution in [0.4, 0.5) is 5.69 Å². The standard InChI is InChI=1S/C27H31ClN4O/c1-2-14-31-15-13-25(30-19-17-29(18-20-30)22-10-8-21(28)9-11-22)26-24(27(31)33)12-16-32(26)23-6-4-3-5-7-23/h3-12,16,25H,2,13-15,17-20H2,1H3. The van der Waals surface area contributed by atoms with Crippen molar-refractivity contribution in [3.63, 3.8) is 0 Å². The molecule has 1 aromatic heterocycles. The predicted octanol–water partition coefficient (Wildman–Crippen LogP) is 5.25. The van der Waals surface area contributed by atoms with Gasteiger partial charge in [0.2, 0.25) is 0 Å². The van der Waals surface area contributed by atoms with Gasteiger partial charge in [-0.2, -0.15) is 0 Å². The molecule has 1 atom stereocenters. The Kier molecular flexibility index (Phi) is 6.43. The molecule has 172 valence electrons. The smallest absolute Gasteiger partial charge is 0.255 e. The van der Waals surface area contributed by atoms with Crippen LogP contribution in [-0.2, 0) is 0 Å². The van der Waals surface area contributed by atoms with E-state index in [2.05, 4.69) is 63.9 Å². The Labute approximate surface area is 201 Å². The lowest BCUT2D eigenvalue weighted by atomic mass is 10.0. The summed E-state index contributed by atoms with van der Waals surface area (Å²) in [4.78, 5) is 20.5. The van der Waals surface area contributed by atoms with E-state index in [1.807, 2.05) is 29.2 Å². The zero-order valence-electron chi connectivity index (χ0n) is 19.2. The maximum absolute atomic E-state index is 13.4. The molecule has 2 aliphatic rings. The molecule has 0 saturated carbocycles. The Morgan fingerprint density at radius 1 is 0.879 bits per heavy atom. The lowest BCUT2D eigenvalue weighted by molar-refractivity contribution is 0.0752. The number of carbonyl (C=O) groups excluding carboxylic acids is 1. The second-order valence-corrected chi connectivity index (χ2v) is 9.35. The summed E-state index contributed by atoms with van der Waals surface area (Å²) in [5.74, 6) is 0.170. The first-order valence-electron chi connectivity index (χ1n) is 12.0. The van der Waals surface area contributed by atoms with Gasteiger partial charge in [-0.05, 0) is 55.3 Å². The molecule has 0 bridgehead atoms. The molecule has 0 radical (unpaired) electrons. The zero-order valence-corrected chi connectivity index (χ0v) is 19.9. The van der Waals surface area contributed by atoms with Crippen molar-refractivity contribution in [1.29, 1.82) is 0 Å². The van der Waals surface area contributed by atoms with Crippen molar-refractivity contribution in [1.82, 2.24) is 14.4 Å². The van der Waals surface area contributed by atoms with Crippen LogP contribution in [0, 0.1) is 0 Å². The summed E-state index contributed by atoms with van der Waals surface area (Å²) in [6.45, 7) is 7.62. The van der Waals surface area contributed by atoms with E-state index < -0.39 is 0 Å². The number of para-hydroxylation sites is 1. The van der Waals surface area contributed by atoms with Gasteiger partial charge in [0.05, 0.1) is 17.3 Å². The van der Waals surface area contributed by atoms with Crippen LogP contribution in [0.1, 0.15) is 41.9 Å². The summed E-state index contributed by atoms with van der Waals surface area (Å²) in [7, 11) is 0. The Bertz CT molecular complexity index is 1090. The fourth-order valence-electron chi connectivity index (χ4n) is 5.25. The highest BCUT2D eigenvalue weighted by Gasteiger charge is 2.35. The topological polar surface area (TPSA) is 31.7 Å². The molecular weight excluding hydrogens is 432 g/mol. The molecule has 5 rings (SSSR count). The van der Waals surface area contributed by atoms with E-state index in [-0.39, 0.29) is 11.9 Å². The van der Waals surface area contributed by atoms with Crippen molar-refractivity contribution >= 4 is 23.2 Å². The minimum atomic E-state index is 0.170. The van der Waals surface area contributed by atoms with E-state index in [9.17, 15) is 4.79 Å².